The molecule has 0 atom stereocenters. The summed E-state index contributed by atoms with van der Waals surface area (Å²) in [6, 6.07) is 9.07. The Morgan fingerprint density at radius 3 is 2.72 bits per heavy atom. The van der Waals surface area contributed by atoms with Gasteiger partial charge in [-0.25, -0.2) is 9.50 Å². The van der Waals surface area contributed by atoms with E-state index in [0.717, 1.165) is 41.1 Å². The minimum Gasteiger partial charge on any atom is -0.352 e. The van der Waals surface area contributed by atoms with Gasteiger partial charge in [-0.15, -0.1) is 0 Å². The summed E-state index contributed by atoms with van der Waals surface area (Å²) in [4.78, 5) is 20.0. The standard InChI is InChI=1S/C26H35N5O/c1-18-10-8-11-21(16-18)24-19(2)29-31-20(3)23(17-28-25(24)31)26(32)27-14-9-15-30(4)22-12-6-5-7-13-22/h8,10-11,16-17,22H,5-7,9,12-15H2,1-4H3,(H,27,32). The van der Waals surface area contributed by atoms with E-state index >= 15 is 0 Å². The van der Waals surface area contributed by atoms with E-state index in [0.29, 0.717) is 18.2 Å². The second kappa shape index (κ2) is 9.82. The molecule has 6 nitrogen and oxygen atoms in total. The lowest BCUT2D eigenvalue weighted by molar-refractivity contribution is 0.0949. The summed E-state index contributed by atoms with van der Waals surface area (Å²) in [5.41, 5.74) is 6.41. The number of carbonyl (C=O) groups excluding carboxylic acids is 1. The molecule has 4 rings (SSSR count). The highest BCUT2D eigenvalue weighted by atomic mass is 16.1. The molecule has 32 heavy (non-hydrogen) atoms. The van der Waals surface area contributed by atoms with Crippen LogP contribution in [0.1, 0.15) is 65.8 Å². The van der Waals surface area contributed by atoms with Gasteiger partial charge in [0.05, 0.1) is 17.0 Å². The summed E-state index contributed by atoms with van der Waals surface area (Å²) in [5.74, 6) is -0.0810. The molecule has 1 amide bonds. The fourth-order valence-corrected chi connectivity index (χ4v) is 4.89. The number of amides is 1. The van der Waals surface area contributed by atoms with Gasteiger partial charge in [-0.05, 0) is 59.2 Å². The molecule has 0 radical (unpaired) electrons. The largest absolute Gasteiger partial charge is 0.352 e. The Balaban J connectivity index is 1.43. The lowest BCUT2D eigenvalue weighted by atomic mass is 9.94. The van der Waals surface area contributed by atoms with Crippen molar-refractivity contribution < 1.29 is 4.79 Å². The molecular weight excluding hydrogens is 398 g/mol. The molecule has 1 N–H and O–H groups in total. The number of fused-ring (bicyclic) bond motifs is 1. The molecule has 170 valence electrons. The molecule has 3 aromatic rings. The number of nitrogens with one attached hydrogen (secondary N) is 1. The predicted octanol–water partition coefficient (Wildman–Crippen LogP) is 4.71. The maximum atomic E-state index is 12.9. The average molecular weight is 434 g/mol. The third kappa shape index (κ3) is 4.70. The second-order valence-electron chi connectivity index (χ2n) is 9.20. The first-order valence-corrected chi connectivity index (χ1v) is 11.9. The number of rotatable bonds is 7. The maximum absolute atomic E-state index is 12.9. The van der Waals surface area contributed by atoms with Crippen LogP contribution < -0.4 is 5.32 Å². The molecular formula is C26H35N5O. The van der Waals surface area contributed by atoms with E-state index in [1.54, 1.807) is 10.7 Å². The molecule has 1 fully saturated rings. The van der Waals surface area contributed by atoms with Crippen molar-refractivity contribution in [2.75, 3.05) is 20.1 Å². The molecule has 2 heterocycles. The zero-order chi connectivity index (χ0) is 22.7. The summed E-state index contributed by atoms with van der Waals surface area (Å²) in [5, 5.41) is 7.78. The van der Waals surface area contributed by atoms with Crippen LogP contribution >= 0.6 is 0 Å². The summed E-state index contributed by atoms with van der Waals surface area (Å²) < 4.78 is 1.80. The number of nitrogens with zero attached hydrogens (tertiary/aromatic N) is 4. The fraction of sp³-hybridized carbons (Fsp3) is 0.500. The van der Waals surface area contributed by atoms with E-state index in [2.05, 4.69) is 47.4 Å². The van der Waals surface area contributed by atoms with Crippen molar-refractivity contribution in [3.8, 4) is 11.1 Å². The van der Waals surface area contributed by atoms with Crippen LogP contribution in [0.3, 0.4) is 0 Å². The molecule has 1 aliphatic rings. The predicted molar refractivity (Wildman–Crippen MR) is 129 cm³/mol. The smallest absolute Gasteiger partial charge is 0.254 e. The van der Waals surface area contributed by atoms with E-state index < -0.39 is 0 Å². The Kier molecular flexibility index (Phi) is 6.89. The van der Waals surface area contributed by atoms with Gasteiger partial charge in [-0.1, -0.05) is 49.1 Å². The molecule has 0 aliphatic heterocycles. The maximum Gasteiger partial charge on any atom is 0.254 e. The quantitative estimate of drug-likeness (QED) is 0.548. The fourth-order valence-electron chi connectivity index (χ4n) is 4.89. The van der Waals surface area contributed by atoms with E-state index in [9.17, 15) is 4.79 Å². The third-order valence-corrected chi connectivity index (χ3v) is 6.78. The number of carbonyl (C=O) groups is 1. The van der Waals surface area contributed by atoms with Crippen LogP contribution in [0.15, 0.2) is 30.5 Å². The van der Waals surface area contributed by atoms with Crippen LogP contribution in [0.2, 0.25) is 0 Å². The summed E-state index contributed by atoms with van der Waals surface area (Å²) in [7, 11) is 2.21. The highest BCUT2D eigenvalue weighted by Crippen LogP contribution is 2.28. The highest BCUT2D eigenvalue weighted by Gasteiger charge is 2.20. The molecule has 1 aliphatic carbocycles. The Hall–Kier alpha value is -2.73. The lowest BCUT2D eigenvalue weighted by Gasteiger charge is -2.31. The Morgan fingerprint density at radius 2 is 1.97 bits per heavy atom. The van der Waals surface area contributed by atoms with Crippen molar-refractivity contribution in [2.24, 2.45) is 0 Å². The molecule has 0 unspecified atom stereocenters. The minimum absolute atomic E-state index is 0.0810. The van der Waals surface area contributed by atoms with Crippen molar-refractivity contribution in [3.63, 3.8) is 0 Å². The van der Waals surface area contributed by atoms with Gasteiger partial charge in [0.1, 0.15) is 0 Å². The van der Waals surface area contributed by atoms with Gasteiger partial charge in [-0.2, -0.15) is 5.10 Å². The van der Waals surface area contributed by atoms with Crippen LogP contribution in [-0.2, 0) is 0 Å². The van der Waals surface area contributed by atoms with Gasteiger partial charge in [-0.3, -0.25) is 4.79 Å². The van der Waals surface area contributed by atoms with Crippen LogP contribution in [0.4, 0.5) is 0 Å². The summed E-state index contributed by atoms with van der Waals surface area (Å²) in [6.07, 6.45) is 9.32. The van der Waals surface area contributed by atoms with Gasteiger partial charge in [0.15, 0.2) is 5.65 Å². The first-order valence-electron chi connectivity index (χ1n) is 11.9. The number of aryl methyl sites for hydroxylation is 3. The molecule has 6 heteroatoms. The van der Waals surface area contributed by atoms with Crippen LogP contribution in [0, 0.1) is 20.8 Å². The van der Waals surface area contributed by atoms with E-state index in [4.69, 9.17) is 5.10 Å². The van der Waals surface area contributed by atoms with Crippen molar-refractivity contribution >= 4 is 11.6 Å². The summed E-state index contributed by atoms with van der Waals surface area (Å²) in [6.45, 7) is 7.69. The van der Waals surface area contributed by atoms with Crippen molar-refractivity contribution in [2.45, 2.75) is 65.3 Å². The van der Waals surface area contributed by atoms with Crippen LogP contribution in [0.25, 0.3) is 16.8 Å². The lowest BCUT2D eigenvalue weighted by Crippen LogP contribution is -2.36. The topological polar surface area (TPSA) is 62.5 Å². The Bertz CT molecular complexity index is 1100. The van der Waals surface area contributed by atoms with Crippen molar-refractivity contribution in [1.82, 2.24) is 24.8 Å². The first-order chi connectivity index (χ1) is 15.5. The number of hydrogen-bond acceptors (Lipinski definition) is 4. The first kappa shape index (κ1) is 22.5. The van der Waals surface area contributed by atoms with Crippen LogP contribution in [0.5, 0.6) is 0 Å². The minimum atomic E-state index is -0.0810. The van der Waals surface area contributed by atoms with E-state index in [1.165, 1.54) is 37.7 Å². The van der Waals surface area contributed by atoms with Gasteiger partial charge >= 0.3 is 0 Å². The number of benzene rings is 1. The molecule has 0 bridgehead atoms. The zero-order valence-corrected chi connectivity index (χ0v) is 19.8. The van der Waals surface area contributed by atoms with Gasteiger partial charge < -0.3 is 10.2 Å². The summed E-state index contributed by atoms with van der Waals surface area (Å²) >= 11 is 0. The number of hydrogen-bond donors (Lipinski definition) is 1. The van der Waals surface area contributed by atoms with Crippen LogP contribution in [-0.4, -0.2) is 51.6 Å². The monoisotopic (exact) mass is 433 g/mol. The molecule has 1 aromatic carbocycles. The van der Waals surface area contributed by atoms with Gasteiger partial charge in [0.2, 0.25) is 0 Å². The molecule has 0 saturated heterocycles. The number of aromatic nitrogens is 3. The second-order valence-corrected chi connectivity index (χ2v) is 9.20. The third-order valence-electron chi connectivity index (χ3n) is 6.78. The Labute approximate surface area is 191 Å². The molecule has 1 saturated carbocycles. The average Bonchev–Trinajstić information content (AvgIpc) is 3.14. The SMILES string of the molecule is Cc1cccc(-c2c(C)nn3c(C)c(C(=O)NCCCN(C)C4CCCCC4)cnc23)c1. The zero-order valence-electron chi connectivity index (χ0n) is 19.8. The van der Waals surface area contributed by atoms with Gasteiger partial charge in [0, 0.05) is 24.3 Å². The van der Waals surface area contributed by atoms with E-state index in [-0.39, 0.29) is 5.91 Å². The van der Waals surface area contributed by atoms with Crippen molar-refractivity contribution in [1.29, 1.82) is 0 Å². The van der Waals surface area contributed by atoms with Gasteiger partial charge in [0.25, 0.3) is 5.91 Å². The highest BCUT2D eigenvalue weighted by molar-refractivity contribution is 5.95. The molecule has 0 spiro atoms. The Morgan fingerprint density at radius 1 is 1.19 bits per heavy atom. The van der Waals surface area contributed by atoms with E-state index in [1.807, 2.05) is 19.9 Å². The molecule has 2 aromatic heterocycles. The normalized spacial score (nSPS) is 14.9. The van der Waals surface area contributed by atoms with Crippen molar-refractivity contribution in [3.05, 3.63) is 53.0 Å².